The molecule has 140 valence electrons. The summed E-state index contributed by atoms with van der Waals surface area (Å²) in [6.07, 6.45) is 1.72. The Labute approximate surface area is 156 Å². The molecule has 0 saturated heterocycles. The zero-order valence-corrected chi connectivity index (χ0v) is 15.8. The van der Waals surface area contributed by atoms with Crippen molar-refractivity contribution >= 4 is 33.5 Å². The average molecular weight is 400 g/mol. The maximum atomic E-state index is 12.1. The molecule has 0 unspecified atom stereocenters. The largest absolute Gasteiger partial charge is 0.452 e. The van der Waals surface area contributed by atoms with Gasteiger partial charge in [-0.3, -0.25) is 4.79 Å². The molecule has 1 aliphatic carbocycles. The van der Waals surface area contributed by atoms with Crippen LogP contribution in [0.25, 0.3) is 0 Å². The number of benzene rings is 1. The van der Waals surface area contributed by atoms with Crippen LogP contribution in [-0.2, 0) is 19.6 Å². The molecule has 1 aromatic carbocycles. The van der Waals surface area contributed by atoms with Crippen LogP contribution in [0, 0.1) is 17.2 Å². The lowest BCUT2D eigenvalue weighted by atomic mass is 9.98. The second-order valence-corrected chi connectivity index (χ2v) is 8.33. The topological polar surface area (TPSA) is 125 Å². The minimum absolute atomic E-state index is 0.0529. The number of nitrogens with zero attached hydrogens (tertiary/aromatic N) is 1. The summed E-state index contributed by atoms with van der Waals surface area (Å²) in [7, 11) is -2.64. The molecule has 1 aromatic rings. The van der Waals surface area contributed by atoms with Crippen molar-refractivity contribution in [3.63, 3.8) is 0 Å². The maximum Gasteiger partial charge on any atom is 0.338 e. The predicted octanol–water partition coefficient (Wildman–Crippen LogP) is 1.21. The van der Waals surface area contributed by atoms with Gasteiger partial charge < -0.3 is 10.1 Å². The zero-order chi connectivity index (χ0) is 19.5. The van der Waals surface area contributed by atoms with Crippen LogP contribution in [0.3, 0.4) is 0 Å². The quantitative estimate of drug-likeness (QED) is 0.664. The predicted molar refractivity (Wildman–Crippen MR) is 92.9 cm³/mol. The monoisotopic (exact) mass is 399 g/mol. The van der Waals surface area contributed by atoms with E-state index in [1.54, 1.807) is 6.92 Å². The summed E-state index contributed by atoms with van der Waals surface area (Å²) in [5.74, 6) is -1.39. The standard InChI is InChI=1S/C16H18ClN3O5S/c1-16(9-18,11-4-5-11)20-14(21)8-25-15(22)10-3-6-12(17)13(7-10)26(23,24)19-2/h3,6-7,11,19H,4-5,8H2,1-2H3,(H,20,21)/t16-/m1/s1. The average Bonchev–Trinajstić information content (AvgIpc) is 3.45. The molecule has 0 heterocycles. The molecule has 8 nitrogen and oxygen atoms in total. The Morgan fingerprint density at radius 2 is 2.08 bits per heavy atom. The molecule has 0 bridgehead atoms. The van der Waals surface area contributed by atoms with E-state index < -0.39 is 34.0 Å². The van der Waals surface area contributed by atoms with Crippen molar-refractivity contribution in [2.45, 2.75) is 30.2 Å². The van der Waals surface area contributed by atoms with E-state index in [0.717, 1.165) is 18.9 Å². The summed E-state index contributed by atoms with van der Waals surface area (Å²) in [5.41, 5.74) is -1.06. The maximum absolute atomic E-state index is 12.1. The van der Waals surface area contributed by atoms with Gasteiger partial charge in [-0.2, -0.15) is 5.26 Å². The number of rotatable bonds is 7. The van der Waals surface area contributed by atoms with E-state index in [-0.39, 0.29) is 21.4 Å². The van der Waals surface area contributed by atoms with Crippen LogP contribution in [0.5, 0.6) is 0 Å². The Balaban J connectivity index is 2.03. The van der Waals surface area contributed by atoms with E-state index in [4.69, 9.17) is 16.3 Å². The van der Waals surface area contributed by atoms with Gasteiger partial charge in [-0.1, -0.05) is 11.6 Å². The fourth-order valence-electron chi connectivity index (χ4n) is 2.37. The van der Waals surface area contributed by atoms with Gasteiger partial charge >= 0.3 is 5.97 Å². The van der Waals surface area contributed by atoms with Gasteiger partial charge in [0.1, 0.15) is 10.4 Å². The third-order valence-corrected chi connectivity index (χ3v) is 5.98. The second-order valence-electron chi connectivity index (χ2n) is 6.07. The summed E-state index contributed by atoms with van der Waals surface area (Å²) < 4.78 is 30.8. The van der Waals surface area contributed by atoms with Crippen molar-refractivity contribution in [3.8, 4) is 6.07 Å². The highest BCUT2D eigenvalue weighted by Crippen LogP contribution is 2.39. The summed E-state index contributed by atoms with van der Waals surface area (Å²) in [6, 6.07) is 5.68. The molecule has 0 spiro atoms. The van der Waals surface area contributed by atoms with Gasteiger partial charge in [0.05, 0.1) is 16.7 Å². The van der Waals surface area contributed by atoms with Crippen molar-refractivity contribution in [2.24, 2.45) is 5.92 Å². The van der Waals surface area contributed by atoms with Crippen molar-refractivity contribution in [2.75, 3.05) is 13.7 Å². The Hall–Kier alpha value is -2.15. The van der Waals surface area contributed by atoms with E-state index in [1.807, 2.05) is 0 Å². The van der Waals surface area contributed by atoms with Gasteiger partial charge in [-0.15, -0.1) is 0 Å². The molecular weight excluding hydrogens is 382 g/mol. The summed E-state index contributed by atoms with van der Waals surface area (Å²) in [6.45, 7) is 1.04. The molecule has 10 heteroatoms. The number of amides is 1. The lowest BCUT2D eigenvalue weighted by Crippen LogP contribution is -2.48. The normalized spacial score (nSPS) is 16.2. The molecule has 0 aliphatic heterocycles. The first-order chi connectivity index (χ1) is 12.1. The number of carbonyl (C=O) groups is 2. The highest BCUT2D eigenvalue weighted by atomic mass is 35.5. The molecule has 2 N–H and O–H groups in total. The third-order valence-electron chi connectivity index (χ3n) is 4.08. The number of nitrogens with one attached hydrogen (secondary N) is 2. The first kappa shape index (κ1) is 20.2. The molecular formula is C16H18ClN3O5S. The zero-order valence-electron chi connectivity index (χ0n) is 14.2. The number of carbonyl (C=O) groups excluding carboxylic acids is 2. The van der Waals surface area contributed by atoms with Crippen LogP contribution in [0.15, 0.2) is 23.1 Å². The Bertz CT molecular complexity index is 876. The first-order valence-electron chi connectivity index (χ1n) is 7.75. The van der Waals surface area contributed by atoms with Crippen molar-refractivity contribution < 1.29 is 22.7 Å². The van der Waals surface area contributed by atoms with Crippen LogP contribution in [-0.4, -0.2) is 39.5 Å². The molecule has 1 aliphatic rings. The van der Waals surface area contributed by atoms with Crippen LogP contribution in [0.1, 0.15) is 30.1 Å². The number of ether oxygens (including phenoxy) is 1. The fourth-order valence-corrected chi connectivity index (χ4v) is 3.62. The van der Waals surface area contributed by atoms with Crippen LogP contribution in [0.2, 0.25) is 5.02 Å². The van der Waals surface area contributed by atoms with Crippen molar-refractivity contribution in [1.29, 1.82) is 5.26 Å². The van der Waals surface area contributed by atoms with Crippen LogP contribution in [0.4, 0.5) is 0 Å². The van der Waals surface area contributed by atoms with E-state index >= 15 is 0 Å². The van der Waals surface area contributed by atoms with Crippen LogP contribution < -0.4 is 10.0 Å². The summed E-state index contributed by atoms with van der Waals surface area (Å²) in [4.78, 5) is 23.8. The number of hydrogen-bond acceptors (Lipinski definition) is 6. The number of sulfonamides is 1. The van der Waals surface area contributed by atoms with Gasteiger partial charge in [0.25, 0.3) is 5.91 Å². The molecule has 0 aromatic heterocycles. The molecule has 26 heavy (non-hydrogen) atoms. The van der Waals surface area contributed by atoms with E-state index in [9.17, 15) is 23.3 Å². The molecule has 2 rings (SSSR count). The van der Waals surface area contributed by atoms with E-state index in [0.29, 0.717) is 0 Å². The molecule has 1 fully saturated rings. The smallest absolute Gasteiger partial charge is 0.338 e. The highest BCUT2D eigenvalue weighted by molar-refractivity contribution is 7.89. The highest BCUT2D eigenvalue weighted by Gasteiger charge is 2.43. The van der Waals surface area contributed by atoms with Gasteiger partial charge in [-0.05, 0) is 50.9 Å². The minimum Gasteiger partial charge on any atom is -0.452 e. The first-order valence-corrected chi connectivity index (χ1v) is 9.61. The molecule has 1 atom stereocenters. The Morgan fingerprint density at radius 3 is 2.62 bits per heavy atom. The number of nitriles is 1. The summed E-state index contributed by atoms with van der Waals surface area (Å²) >= 11 is 5.85. The Morgan fingerprint density at radius 1 is 1.42 bits per heavy atom. The Kier molecular flexibility index (Phi) is 5.91. The number of halogens is 1. The lowest BCUT2D eigenvalue weighted by Gasteiger charge is -2.22. The van der Waals surface area contributed by atoms with Gasteiger partial charge in [0.2, 0.25) is 10.0 Å². The minimum atomic E-state index is -3.85. The SMILES string of the molecule is CNS(=O)(=O)c1cc(C(=O)OCC(=O)N[C@](C)(C#N)C2CC2)ccc1Cl. The van der Waals surface area contributed by atoms with Gasteiger partial charge in [-0.25, -0.2) is 17.9 Å². The summed E-state index contributed by atoms with van der Waals surface area (Å²) in [5, 5.41) is 11.7. The second kappa shape index (κ2) is 7.61. The molecule has 1 amide bonds. The van der Waals surface area contributed by atoms with Crippen molar-refractivity contribution in [1.82, 2.24) is 10.0 Å². The molecule has 0 radical (unpaired) electrons. The third kappa shape index (κ3) is 4.52. The van der Waals surface area contributed by atoms with E-state index in [2.05, 4.69) is 16.1 Å². The number of hydrogen-bond donors (Lipinski definition) is 2. The van der Waals surface area contributed by atoms with Crippen molar-refractivity contribution in [3.05, 3.63) is 28.8 Å². The van der Waals surface area contributed by atoms with Gasteiger partial charge in [0, 0.05) is 0 Å². The number of esters is 1. The van der Waals surface area contributed by atoms with E-state index in [1.165, 1.54) is 19.2 Å². The molecule has 1 saturated carbocycles. The lowest BCUT2D eigenvalue weighted by molar-refractivity contribution is -0.125. The fraction of sp³-hybridized carbons (Fsp3) is 0.438. The van der Waals surface area contributed by atoms with Crippen LogP contribution >= 0.6 is 11.6 Å². The van der Waals surface area contributed by atoms with Gasteiger partial charge in [0.15, 0.2) is 6.61 Å².